The van der Waals surface area contributed by atoms with E-state index >= 15 is 0 Å². The summed E-state index contributed by atoms with van der Waals surface area (Å²) in [5.74, 6) is 1.02. The van der Waals surface area contributed by atoms with Gasteiger partial charge in [0.25, 0.3) is 0 Å². The molecule has 3 heteroatoms. The van der Waals surface area contributed by atoms with Crippen LogP contribution in [0.15, 0.2) is 30.3 Å². The topological polar surface area (TPSA) is 37.0 Å². The van der Waals surface area contributed by atoms with E-state index < -0.39 is 0 Å². The van der Waals surface area contributed by atoms with Crippen molar-refractivity contribution in [1.29, 1.82) is 0 Å². The summed E-state index contributed by atoms with van der Waals surface area (Å²) in [6, 6.07) is 11.2. The Kier molecular flexibility index (Phi) is 3.65. The fourth-order valence-corrected chi connectivity index (χ4v) is 2.77. The van der Waals surface area contributed by atoms with Gasteiger partial charge in [-0.1, -0.05) is 18.2 Å². The van der Waals surface area contributed by atoms with E-state index in [4.69, 9.17) is 4.98 Å². The summed E-state index contributed by atoms with van der Waals surface area (Å²) in [6.07, 6.45) is 3.80. The van der Waals surface area contributed by atoms with Crippen molar-refractivity contribution in [3.8, 4) is 0 Å². The van der Waals surface area contributed by atoms with E-state index in [-0.39, 0.29) is 0 Å². The summed E-state index contributed by atoms with van der Waals surface area (Å²) in [7, 11) is 0. The Bertz CT molecular complexity index is 559. The van der Waals surface area contributed by atoms with Crippen molar-refractivity contribution in [2.24, 2.45) is 0 Å². The van der Waals surface area contributed by atoms with Crippen LogP contribution in [0, 0.1) is 6.92 Å². The van der Waals surface area contributed by atoms with Crippen LogP contribution in [0.3, 0.4) is 0 Å². The fourth-order valence-electron chi connectivity index (χ4n) is 2.77. The smallest absolute Gasteiger partial charge is 0.129 e. The van der Waals surface area contributed by atoms with Crippen LogP contribution in [-0.2, 0) is 0 Å². The number of aryl methyl sites for hydroxylation is 1. The van der Waals surface area contributed by atoms with Crippen LogP contribution < -0.4 is 10.6 Å². The number of para-hydroxylation sites is 1. The summed E-state index contributed by atoms with van der Waals surface area (Å²) >= 11 is 0. The lowest BCUT2D eigenvalue weighted by molar-refractivity contribution is 0.574. The molecule has 1 aliphatic heterocycles. The van der Waals surface area contributed by atoms with Gasteiger partial charge in [0, 0.05) is 18.0 Å². The molecular weight excluding hydrogens is 234 g/mol. The van der Waals surface area contributed by atoms with Crippen molar-refractivity contribution in [3.63, 3.8) is 0 Å². The maximum Gasteiger partial charge on any atom is 0.129 e. The third-order valence-corrected chi connectivity index (χ3v) is 3.86. The summed E-state index contributed by atoms with van der Waals surface area (Å²) in [4.78, 5) is 4.71. The van der Waals surface area contributed by atoms with Gasteiger partial charge in [-0.15, -0.1) is 0 Å². The number of fused-ring (bicyclic) bond motifs is 1. The maximum atomic E-state index is 4.71. The van der Waals surface area contributed by atoms with E-state index in [1.165, 1.54) is 36.8 Å². The molecule has 1 saturated heterocycles. The third kappa shape index (κ3) is 2.87. The molecule has 2 aromatic rings. The Morgan fingerprint density at radius 2 is 2.26 bits per heavy atom. The third-order valence-electron chi connectivity index (χ3n) is 3.86. The van der Waals surface area contributed by atoms with Crippen LogP contribution in [0.2, 0.25) is 0 Å². The second-order valence-electron chi connectivity index (χ2n) is 5.36. The largest absolute Gasteiger partial charge is 0.370 e. The zero-order valence-electron chi connectivity index (χ0n) is 11.4. The van der Waals surface area contributed by atoms with E-state index in [9.17, 15) is 0 Å². The number of aromatic nitrogens is 1. The SMILES string of the molecule is Cc1cc2ccccc2nc1NCCC1CCCN1. The minimum absolute atomic E-state index is 0.688. The molecular formula is C16H21N3. The highest BCUT2D eigenvalue weighted by Gasteiger charge is 2.13. The van der Waals surface area contributed by atoms with Crippen LogP contribution in [0.5, 0.6) is 0 Å². The first-order chi connectivity index (χ1) is 9.33. The molecule has 0 amide bonds. The highest BCUT2D eigenvalue weighted by atomic mass is 15.0. The fraction of sp³-hybridized carbons (Fsp3) is 0.438. The van der Waals surface area contributed by atoms with Gasteiger partial charge < -0.3 is 10.6 Å². The first-order valence-corrected chi connectivity index (χ1v) is 7.16. The number of nitrogens with zero attached hydrogens (tertiary/aromatic N) is 1. The van der Waals surface area contributed by atoms with Gasteiger partial charge in [-0.3, -0.25) is 0 Å². The second kappa shape index (κ2) is 5.57. The number of hydrogen-bond acceptors (Lipinski definition) is 3. The molecule has 0 spiro atoms. The quantitative estimate of drug-likeness (QED) is 0.881. The van der Waals surface area contributed by atoms with Crippen molar-refractivity contribution in [1.82, 2.24) is 10.3 Å². The molecule has 3 rings (SSSR count). The first kappa shape index (κ1) is 12.4. The van der Waals surface area contributed by atoms with Gasteiger partial charge in [0.05, 0.1) is 5.52 Å². The molecule has 2 heterocycles. The van der Waals surface area contributed by atoms with Gasteiger partial charge in [-0.2, -0.15) is 0 Å². The Labute approximate surface area is 114 Å². The minimum atomic E-state index is 0.688. The van der Waals surface area contributed by atoms with Crippen LogP contribution in [0.1, 0.15) is 24.8 Å². The van der Waals surface area contributed by atoms with Gasteiger partial charge in [0.1, 0.15) is 5.82 Å². The Morgan fingerprint density at radius 1 is 1.37 bits per heavy atom. The highest BCUT2D eigenvalue weighted by Crippen LogP contribution is 2.19. The molecule has 1 unspecified atom stereocenters. The lowest BCUT2D eigenvalue weighted by Gasteiger charge is -2.13. The van der Waals surface area contributed by atoms with Gasteiger partial charge in [0.15, 0.2) is 0 Å². The molecule has 100 valence electrons. The van der Waals surface area contributed by atoms with Crippen LogP contribution in [-0.4, -0.2) is 24.1 Å². The van der Waals surface area contributed by atoms with E-state index in [2.05, 4.69) is 41.8 Å². The van der Waals surface area contributed by atoms with Crippen molar-refractivity contribution in [3.05, 3.63) is 35.9 Å². The standard InChI is InChI=1S/C16H21N3/c1-12-11-13-5-2-3-7-15(13)19-16(12)18-10-8-14-6-4-9-17-14/h2-3,5,7,11,14,17H,4,6,8-10H2,1H3,(H,18,19). The molecule has 0 aliphatic carbocycles. The molecule has 0 saturated carbocycles. The lowest BCUT2D eigenvalue weighted by Crippen LogP contribution is -2.24. The second-order valence-corrected chi connectivity index (χ2v) is 5.36. The molecule has 0 radical (unpaired) electrons. The van der Waals surface area contributed by atoms with Crippen molar-refractivity contribution < 1.29 is 0 Å². The summed E-state index contributed by atoms with van der Waals surface area (Å²) in [6.45, 7) is 4.29. The molecule has 0 bridgehead atoms. The Hall–Kier alpha value is -1.61. The first-order valence-electron chi connectivity index (χ1n) is 7.16. The van der Waals surface area contributed by atoms with E-state index in [0.29, 0.717) is 6.04 Å². The Morgan fingerprint density at radius 3 is 3.11 bits per heavy atom. The monoisotopic (exact) mass is 255 g/mol. The predicted octanol–water partition coefficient (Wildman–Crippen LogP) is 3.10. The van der Waals surface area contributed by atoms with Crippen molar-refractivity contribution in [2.45, 2.75) is 32.2 Å². The zero-order chi connectivity index (χ0) is 13.1. The van der Waals surface area contributed by atoms with E-state index in [0.717, 1.165) is 17.9 Å². The van der Waals surface area contributed by atoms with Crippen molar-refractivity contribution in [2.75, 3.05) is 18.4 Å². The number of pyridine rings is 1. The van der Waals surface area contributed by atoms with Crippen LogP contribution in [0.4, 0.5) is 5.82 Å². The van der Waals surface area contributed by atoms with Gasteiger partial charge >= 0.3 is 0 Å². The zero-order valence-corrected chi connectivity index (χ0v) is 11.4. The maximum absolute atomic E-state index is 4.71. The minimum Gasteiger partial charge on any atom is -0.370 e. The average molecular weight is 255 g/mol. The summed E-state index contributed by atoms with van der Waals surface area (Å²) in [5.41, 5.74) is 2.28. The number of anilines is 1. The van der Waals surface area contributed by atoms with Gasteiger partial charge in [0.2, 0.25) is 0 Å². The molecule has 1 atom stereocenters. The van der Waals surface area contributed by atoms with E-state index in [1.807, 2.05) is 6.07 Å². The summed E-state index contributed by atoms with van der Waals surface area (Å²) in [5, 5.41) is 8.22. The predicted molar refractivity (Wildman–Crippen MR) is 80.6 cm³/mol. The number of benzene rings is 1. The molecule has 1 aromatic heterocycles. The normalized spacial score (nSPS) is 18.9. The molecule has 1 aromatic carbocycles. The molecule has 1 aliphatic rings. The van der Waals surface area contributed by atoms with Gasteiger partial charge in [-0.05, 0) is 50.4 Å². The molecule has 1 fully saturated rings. The van der Waals surface area contributed by atoms with Crippen LogP contribution in [0.25, 0.3) is 10.9 Å². The van der Waals surface area contributed by atoms with E-state index in [1.54, 1.807) is 0 Å². The van der Waals surface area contributed by atoms with Crippen LogP contribution >= 0.6 is 0 Å². The highest BCUT2D eigenvalue weighted by molar-refractivity contribution is 5.81. The molecule has 2 N–H and O–H groups in total. The molecule has 19 heavy (non-hydrogen) atoms. The van der Waals surface area contributed by atoms with Crippen molar-refractivity contribution >= 4 is 16.7 Å². The average Bonchev–Trinajstić information content (AvgIpc) is 2.92. The summed E-state index contributed by atoms with van der Waals surface area (Å²) < 4.78 is 0. The number of rotatable bonds is 4. The molecule has 3 nitrogen and oxygen atoms in total. The lowest BCUT2D eigenvalue weighted by atomic mass is 10.1. The Balaban J connectivity index is 1.67. The van der Waals surface area contributed by atoms with Gasteiger partial charge in [-0.25, -0.2) is 4.98 Å². The number of hydrogen-bond donors (Lipinski definition) is 2. The number of nitrogens with one attached hydrogen (secondary N) is 2.